The van der Waals surface area contributed by atoms with Crippen LogP contribution in [0.5, 0.6) is 0 Å². The number of benzene rings is 1. The van der Waals surface area contributed by atoms with Gasteiger partial charge in [0.05, 0.1) is 11.3 Å². The zero-order valence-corrected chi connectivity index (χ0v) is 16.9. The van der Waals surface area contributed by atoms with Crippen molar-refractivity contribution >= 4 is 23.1 Å². The van der Waals surface area contributed by atoms with Gasteiger partial charge in [-0.05, 0) is 49.1 Å². The normalized spacial score (nSPS) is 20.8. The van der Waals surface area contributed by atoms with E-state index >= 15 is 0 Å². The summed E-state index contributed by atoms with van der Waals surface area (Å²) in [4.78, 5) is 11.8. The molecule has 2 aliphatic rings. The molecule has 6 heteroatoms. The summed E-state index contributed by atoms with van der Waals surface area (Å²) in [6.07, 6.45) is 4.29. The second-order valence-corrected chi connectivity index (χ2v) is 8.14. The van der Waals surface area contributed by atoms with Crippen molar-refractivity contribution in [1.29, 1.82) is 5.26 Å². The summed E-state index contributed by atoms with van der Waals surface area (Å²) in [7, 11) is 0. The monoisotopic (exact) mass is 395 g/mol. The lowest BCUT2D eigenvalue weighted by molar-refractivity contribution is 0.205. The van der Waals surface area contributed by atoms with Crippen LogP contribution in [0.25, 0.3) is 0 Å². The second-order valence-electron chi connectivity index (χ2n) is 7.70. The van der Waals surface area contributed by atoms with E-state index in [9.17, 15) is 5.26 Å². The van der Waals surface area contributed by atoms with Gasteiger partial charge in [-0.15, -0.1) is 0 Å². The maximum Gasteiger partial charge on any atom is 0.128 e. The number of nitriles is 1. The van der Waals surface area contributed by atoms with E-state index < -0.39 is 0 Å². The lowest BCUT2D eigenvalue weighted by Gasteiger charge is -2.40. The second kappa shape index (κ2) is 8.81. The van der Waals surface area contributed by atoms with Gasteiger partial charge in [-0.1, -0.05) is 17.7 Å². The number of hydrogen-bond acceptors (Lipinski definition) is 5. The van der Waals surface area contributed by atoms with Crippen LogP contribution in [0.15, 0.2) is 42.6 Å². The fourth-order valence-electron chi connectivity index (χ4n) is 4.37. The highest BCUT2D eigenvalue weighted by Crippen LogP contribution is 2.29. The molecular weight excluding hydrogens is 370 g/mol. The molecule has 0 spiro atoms. The fourth-order valence-corrected chi connectivity index (χ4v) is 4.54. The van der Waals surface area contributed by atoms with Crippen molar-refractivity contribution in [3.8, 4) is 6.07 Å². The zero-order valence-electron chi connectivity index (χ0n) is 16.1. The number of rotatable bonds is 4. The highest BCUT2D eigenvalue weighted by atomic mass is 35.5. The molecule has 2 fully saturated rings. The van der Waals surface area contributed by atoms with Crippen LogP contribution in [0.2, 0.25) is 5.02 Å². The Morgan fingerprint density at radius 3 is 2.68 bits per heavy atom. The Labute approximate surface area is 172 Å². The van der Waals surface area contributed by atoms with Crippen LogP contribution >= 0.6 is 11.6 Å². The summed E-state index contributed by atoms with van der Waals surface area (Å²) in [6.45, 7) is 7.38. The first kappa shape index (κ1) is 19.0. The molecule has 0 aliphatic carbocycles. The summed E-state index contributed by atoms with van der Waals surface area (Å²) >= 11 is 6.06. The van der Waals surface area contributed by atoms with E-state index in [0.717, 1.165) is 57.3 Å². The van der Waals surface area contributed by atoms with Gasteiger partial charge in [0, 0.05) is 57.0 Å². The molecule has 1 aromatic carbocycles. The molecule has 2 saturated heterocycles. The van der Waals surface area contributed by atoms with Crippen molar-refractivity contribution in [1.82, 2.24) is 9.88 Å². The molecule has 146 valence electrons. The summed E-state index contributed by atoms with van der Waals surface area (Å²) < 4.78 is 0. The van der Waals surface area contributed by atoms with Crippen LogP contribution in [0.1, 0.15) is 18.4 Å². The fraction of sp³-hybridized carbons (Fsp3) is 0.455. The predicted octanol–water partition coefficient (Wildman–Crippen LogP) is 3.65. The van der Waals surface area contributed by atoms with E-state index in [1.807, 2.05) is 24.4 Å². The molecule has 1 aromatic heterocycles. The van der Waals surface area contributed by atoms with Crippen LogP contribution in [-0.2, 0) is 0 Å². The Bertz CT molecular complexity index is 827. The lowest BCUT2D eigenvalue weighted by atomic mass is 9.96. The Hall–Kier alpha value is -2.29. The van der Waals surface area contributed by atoms with Crippen molar-refractivity contribution in [2.45, 2.75) is 12.8 Å². The molecule has 28 heavy (non-hydrogen) atoms. The van der Waals surface area contributed by atoms with Gasteiger partial charge in [0.25, 0.3) is 0 Å². The number of halogens is 1. The number of hydrogen-bond donors (Lipinski definition) is 0. The maximum absolute atomic E-state index is 9.47. The molecule has 2 aliphatic heterocycles. The third kappa shape index (κ3) is 4.40. The number of nitrogens with zero attached hydrogens (tertiary/aromatic N) is 5. The summed E-state index contributed by atoms with van der Waals surface area (Å²) in [5, 5.41) is 10.1. The van der Waals surface area contributed by atoms with Gasteiger partial charge in [-0.25, -0.2) is 4.98 Å². The molecule has 0 amide bonds. The number of aromatic nitrogens is 1. The van der Waals surface area contributed by atoms with Gasteiger partial charge in [-0.3, -0.25) is 4.90 Å². The van der Waals surface area contributed by atoms with Crippen molar-refractivity contribution in [2.75, 3.05) is 55.6 Å². The SMILES string of the molecule is N#Cc1cc(Cl)ccc1N1CCCC(CN2CCN(c3ccccn3)CC2)C1. The molecule has 0 saturated carbocycles. The predicted molar refractivity (Wildman–Crippen MR) is 114 cm³/mol. The Morgan fingerprint density at radius 2 is 1.93 bits per heavy atom. The zero-order chi connectivity index (χ0) is 19.3. The van der Waals surface area contributed by atoms with E-state index in [-0.39, 0.29) is 0 Å². The van der Waals surface area contributed by atoms with Gasteiger partial charge in [0.2, 0.25) is 0 Å². The number of pyridine rings is 1. The van der Waals surface area contributed by atoms with Crippen molar-refractivity contribution in [3.05, 3.63) is 53.2 Å². The molecule has 3 heterocycles. The van der Waals surface area contributed by atoms with Crippen LogP contribution in [0.4, 0.5) is 11.5 Å². The molecule has 0 bridgehead atoms. The maximum atomic E-state index is 9.47. The van der Waals surface area contributed by atoms with Gasteiger partial charge in [-0.2, -0.15) is 5.26 Å². The summed E-state index contributed by atoms with van der Waals surface area (Å²) in [5.74, 6) is 1.72. The number of anilines is 2. The molecule has 0 N–H and O–H groups in total. The molecule has 4 rings (SSSR count). The van der Waals surface area contributed by atoms with Crippen LogP contribution in [-0.4, -0.2) is 55.7 Å². The van der Waals surface area contributed by atoms with Crippen molar-refractivity contribution < 1.29 is 0 Å². The molecule has 2 aromatic rings. The Morgan fingerprint density at radius 1 is 1.07 bits per heavy atom. The van der Waals surface area contributed by atoms with Crippen LogP contribution in [0, 0.1) is 17.2 Å². The van der Waals surface area contributed by atoms with E-state index in [2.05, 4.69) is 37.9 Å². The van der Waals surface area contributed by atoms with Crippen molar-refractivity contribution in [3.63, 3.8) is 0 Å². The third-order valence-corrected chi connectivity index (χ3v) is 6.04. The molecule has 0 radical (unpaired) electrons. The van der Waals surface area contributed by atoms with Crippen LogP contribution in [0.3, 0.4) is 0 Å². The summed E-state index contributed by atoms with van der Waals surface area (Å²) in [6, 6.07) is 14.1. The minimum atomic E-state index is 0.625. The molecule has 1 atom stereocenters. The van der Waals surface area contributed by atoms with Gasteiger partial charge < -0.3 is 9.80 Å². The van der Waals surface area contributed by atoms with Crippen molar-refractivity contribution in [2.24, 2.45) is 5.92 Å². The smallest absolute Gasteiger partial charge is 0.128 e. The van der Waals surface area contributed by atoms with E-state index in [1.165, 1.54) is 12.8 Å². The Balaban J connectivity index is 1.33. The van der Waals surface area contributed by atoms with E-state index in [0.29, 0.717) is 16.5 Å². The van der Waals surface area contributed by atoms with Gasteiger partial charge in [0.1, 0.15) is 11.9 Å². The minimum Gasteiger partial charge on any atom is -0.370 e. The van der Waals surface area contributed by atoms with Gasteiger partial charge in [0.15, 0.2) is 0 Å². The average Bonchev–Trinajstić information content (AvgIpc) is 2.75. The highest BCUT2D eigenvalue weighted by Gasteiger charge is 2.26. The van der Waals surface area contributed by atoms with Crippen LogP contribution < -0.4 is 9.80 Å². The largest absolute Gasteiger partial charge is 0.370 e. The number of piperidine rings is 1. The molecular formula is C22H26ClN5. The standard InChI is InChI=1S/C22H26ClN5/c23-20-6-7-21(19(14-20)15-24)28-9-3-4-18(17-28)16-26-10-12-27(13-11-26)22-5-1-2-8-25-22/h1-2,5-8,14,18H,3-4,9-13,16-17H2. The quantitative estimate of drug-likeness (QED) is 0.790. The Kier molecular flexibility index (Phi) is 5.99. The first-order chi connectivity index (χ1) is 13.7. The highest BCUT2D eigenvalue weighted by molar-refractivity contribution is 6.30. The van der Waals surface area contributed by atoms with E-state index in [4.69, 9.17) is 11.6 Å². The topological polar surface area (TPSA) is 46.4 Å². The first-order valence-electron chi connectivity index (χ1n) is 10.1. The van der Waals surface area contributed by atoms with E-state index in [1.54, 1.807) is 6.07 Å². The molecule has 1 unspecified atom stereocenters. The molecule has 5 nitrogen and oxygen atoms in total. The lowest BCUT2D eigenvalue weighted by Crippen LogP contribution is -2.50. The first-order valence-corrected chi connectivity index (χ1v) is 10.4. The third-order valence-electron chi connectivity index (χ3n) is 5.80. The van der Waals surface area contributed by atoms with Gasteiger partial charge >= 0.3 is 0 Å². The average molecular weight is 396 g/mol. The number of piperazine rings is 1. The minimum absolute atomic E-state index is 0.625. The summed E-state index contributed by atoms with van der Waals surface area (Å²) in [5.41, 5.74) is 1.70.